The van der Waals surface area contributed by atoms with Gasteiger partial charge in [-0.1, -0.05) is 6.08 Å². The van der Waals surface area contributed by atoms with Gasteiger partial charge in [0, 0.05) is 0 Å². The van der Waals surface area contributed by atoms with Crippen LogP contribution in [0.15, 0.2) is 12.7 Å². The zero-order valence-electron chi connectivity index (χ0n) is 4.14. The lowest BCUT2D eigenvalue weighted by molar-refractivity contribution is 0.281. The summed E-state index contributed by atoms with van der Waals surface area (Å²) in [5, 5.41) is 8.26. The van der Waals surface area contributed by atoms with Crippen LogP contribution in [0, 0.1) is 0 Å². The van der Waals surface area contributed by atoms with Gasteiger partial charge in [0.25, 0.3) is 0 Å². The van der Waals surface area contributed by atoms with Gasteiger partial charge in [-0.15, -0.1) is 6.58 Å². The highest BCUT2D eigenvalue weighted by atomic mass is 16.3. The lowest BCUT2D eigenvalue weighted by Crippen LogP contribution is -2.00. The Morgan fingerprint density at radius 3 is 2.83 bits per heavy atom. The number of rotatable bonds is 2. The van der Waals surface area contributed by atoms with Gasteiger partial charge in [0.2, 0.25) is 6.29 Å². The number of hydrogen-bond acceptors (Lipinski definition) is 2. The van der Waals surface area contributed by atoms with Crippen molar-refractivity contribution in [2.75, 3.05) is 0 Å². The lowest BCUT2D eigenvalue weighted by Gasteiger charge is -1.82. The van der Waals surface area contributed by atoms with E-state index in [1.807, 2.05) is 0 Å². The third-order valence-electron chi connectivity index (χ3n) is 0.298. The number of hydrogen-bond donors (Lipinski definition) is 1. The number of carbonyl (C=O) groups excluding carboxylic acids is 1. The van der Waals surface area contributed by atoms with E-state index in [1.165, 1.54) is 0 Å². The first-order valence-corrected chi connectivity index (χ1v) is 1.37. The zero-order chi connectivity index (χ0) is 5.91. The molecule has 2 nitrogen and oxygen atoms in total. The monoisotopic (exact) mass is 86.0 g/mol. The van der Waals surface area contributed by atoms with E-state index in [0.29, 0.717) is 0 Å². The van der Waals surface area contributed by atoms with Gasteiger partial charge in [-0.3, -0.25) is 4.79 Å². The molecule has 0 aromatic carbocycles. The van der Waals surface area contributed by atoms with E-state index >= 15 is 0 Å². The van der Waals surface area contributed by atoms with Crippen molar-refractivity contribution in [3.8, 4) is 0 Å². The van der Waals surface area contributed by atoms with Crippen molar-refractivity contribution >= 4 is 6.29 Å². The smallest absolute Gasteiger partial charge is 0.233 e. The summed E-state index contributed by atoms with van der Waals surface area (Å²) in [4.78, 5) is 9.42. The fraction of sp³-hybridized carbons (Fsp3) is 0.250. The quantitative estimate of drug-likeness (QED) is 0.466. The maximum absolute atomic E-state index is 9.42. The highest BCUT2D eigenvalue weighted by molar-refractivity contribution is 5.59. The van der Waals surface area contributed by atoms with Crippen LogP contribution in [0.3, 0.4) is 0 Å². The highest BCUT2D eigenvalue weighted by Crippen LogP contribution is 1.70. The van der Waals surface area contributed by atoms with Crippen molar-refractivity contribution in [2.45, 2.75) is 6.08 Å². The molecule has 0 fully saturated rings. The van der Waals surface area contributed by atoms with Crippen molar-refractivity contribution in [2.24, 2.45) is 0 Å². The molecule has 1 atom stereocenters. The maximum atomic E-state index is 9.42. The topological polar surface area (TPSA) is 37.3 Å². The fourth-order valence-corrected chi connectivity index (χ4v) is 0.0417. The minimum absolute atomic E-state index is 0.792. The van der Waals surface area contributed by atoms with Gasteiger partial charge in [0.1, 0.15) is 6.08 Å². The largest absolute Gasteiger partial charge is 0.381 e. The Kier molecular flexibility index (Phi) is 1.54. The second-order valence-electron chi connectivity index (χ2n) is 0.691. The van der Waals surface area contributed by atoms with Gasteiger partial charge in [0.05, 0.1) is 1.37 Å². The molecule has 0 aromatic heterocycles. The minimum Gasteiger partial charge on any atom is -0.381 e. The molecule has 0 rings (SSSR count). The number of aliphatic hydroxyl groups is 1. The molecule has 0 saturated heterocycles. The minimum atomic E-state index is -2.21. The Morgan fingerprint density at radius 1 is 2.33 bits per heavy atom. The van der Waals surface area contributed by atoms with Gasteiger partial charge in [-0.05, 0) is 0 Å². The molecule has 0 saturated carbocycles. The molecule has 1 N–H and O–H groups in total. The van der Waals surface area contributed by atoms with Gasteiger partial charge in [0.15, 0.2) is 0 Å². The van der Waals surface area contributed by atoms with E-state index in [4.69, 9.17) is 6.48 Å². The Balaban J connectivity index is 3.82. The van der Waals surface area contributed by atoms with Gasteiger partial charge >= 0.3 is 0 Å². The molecular formula is C4H5O2. The van der Waals surface area contributed by atoms with E-state index in [0.717, 1.165) is 12.4 Å². The van der Waals surface area contributed by atoms with Crippen LogP contribution in [-0.2, 0) is 4.79 Å². The van der Waals surface area contributed by atoms with Gasteiger partial charge in [-0.25, -0.2) is 0 Å². The molecule has 0 aliphatic carbocycles. The van der Waals surface area contributed by atoms with E-state index < -0.39 is 6.08 Å². The molecule has 6 heavy (non-hydrogen) atoms. The molecule has 0 aliphatic heterocycles. The summed E-state index contributed by atoms with van der Waals surface area (Å²) in [5.74, 6) is 0. The predicted molar refractivity (Wildman–Crippen MR) is 21.9 cm³/mol. The summed E-state index contributed by atoms with van der Waals surface area (Å²) in [7, 11) is 0. The molecule has 2 heteroatoms. The average molecular weight is 86.1 g/mol. The van der Waals surface area contributed by atoms with Crippen LogP contribution in [0.2, 0.25) is 0 Å². The van der Waals surface area contributed by atoms with Crippen molar-refractivity contribution < 1.29 is 11.3 Å². The van der Waals surface area contributed by atoms with E-state index in [1.54, 1.807) is 0 Å². The van der Waals surface area contributed by atoms with Crippen LogP contribution in [0.25, 0.3) is 0 Å². The van der Waals surface area contributed by atoms with E-state index in [-0.39, 0.29) is 0 Å². The second-order valence-corrected chi connectivity index (χ2v) is 0.691. The van der Waals surface area contributed by atoms with Crippen LogP contribution in [0.4, 0.5) is 0 Å². The third-order valence-corrected chi connectivity index (χ3v) is 0.298. The third kappa shape index (κ3) is 1.67. The van der Waals surface area contributed by atoms with Crippen LogP contribution in [0.5, 0.6) is 0 Å². The molecule has 0 heterocycles. The van der Waals surface area contributed by atoms with Crippen molar-refractivity contribution in [3.63, 3.8) is 0 Å². The Bertz CT molecular complexity index is 77.7. The second kappa shape index (κ2) is 2.60. The molecule has 0 spiro atoms. The molecular weight excluding hydrogens is 80.0 g/mol. The summed E-state index contributed by atoms with van der Waals surface area (Å²) in [6.45, 7) is 3.00. The summed E-state index contributed by atoms with van der Waals surface area (Å²) in [5.41, 5.74) is 0. The highest BCUT2D eigenvalue weighted by Gasteiger charge is 1.88. The summed E-state index contributed by atoms with van der Waals surface area (Å²) < 4.78 is 6.44. The fourth-order valence-electron chi connectivity index (χ4n) is 0.0417. The first kappa shape index (κ1) is 3.56. The molecule has 0 amide bonds. The summed E-state index contributed by atoms with van der Waals surface area (Å²) >= 11 is 0. The molecule has 1 radical (unpaired) electrons. The molecule has 0 aromatic rings. The summed E-state index contributed by atoms with van der Waals surface area (Å²) in [6, 6.07) is 0. The summed E-state index contributed by atoms with van der Waals surface area (Å²) in [6.07, 6.45) is -0.372. The van der Waals surface area contributed by atoms with Gasteiger partial charge < -0.3 is 5.11 Å². The zero-order valence-corrected chi connectivity index (χ0v) is 3.14. The average Bonchev–Trinajstić information content (AvgIpc) is 1.68. The maximum Gasteiger partial charge on any atom is 0.233 e. The predicted octanol–water partition coefficient (Wildman–Crippen LogP) is -0.357. The van der Waals surface area contributed by atoms with Crippen molar-refractivity contribution in [3.05, 3.63) is 12.7 Å². The molecule has 1 unspecified atom stereocenters. The Morgan fingerprint density at radius 2 is 2.83 bits per heavy atom. The molecule has 0 aliphatic rings. The van der Waals surface area contributed by atoms with Crippen LogP contribution in [0.1, 0.15) is 1.37 Å². The van der Waals surface area contributed by atoms with Crippen LogP contribution in [-0.4, -0.2) is 17.5 Å². The SMILES string of the molecule is [2H]C(O)([C]=O)C=C. The van der Waals surface area contributed by atoms with Crippen molar-refractivity contribution in [1.29, 1.82) is 0 Å². The normalized spacial score (nSPS) is 20.5. The first-order valence-electron chi connectivity index (χ1n) is 1.87. The van der Waals surface area contributed by atoms with Crippen molar-refractivity contribution in [1.82, 2.24) is 0 Å². The van der Waals surface area contributed by atoms with Gasteiger partial charge in [-0.2, -0.15) is 0 Å². The molecule has 0 bridgehead atoms. The lowest BCUT2D eigenvalue weighted by atomic mass is 10.4. The van der Waals surface area contributed by atoms with Crippen LogP contribution < -0.4 is 0 Å². The van der Waals surface area contributed by atoms with E-state index in [2.05, 4.69) is 6.58 Å². The van der Waals surface area contributed by atoms with Crippen LogP contribution >= 0.6 is 0 Å². The Labute approximate surface area is 37.5 Å². The standard InChI is InChI=1S/C4H5O2/c1-2-4(6)3-5/h2,4,6H,1H2/i4D. The Hall–Kier alpha value is -0.630. The first-order chi connectivity index (χ1) is 3.12. The van der Waals surface area contributed by atoms with E-state index in [9.17, 15) is 4.79 Å². The molecule has 33 valence electrons.